The van der Waals surface area contributed by atoms with Crippen LogP contribution in [0.4, 0.5) is 4.39 Å². The molecule has 5 heteroatoms. The molecule has 17 heavy (non-hydrogen) atoms. The highest BCUT2D eigenvalue weighted by atomic mass is 79.9. The molecule has 0 amide bonds. The minimum absolute atomic E-state index is 0.0902. The molecule has 1 atom stereocenters. The number of nitrogens with zero attached hydrogens (tertiary/aromatic N) is 2. The van der Waals surface area contributed by atoms with Gasteiger partial charge in [-0.1, -0.05) is 15.9 Å². The lowest BCUT2D eigenvalue weighted by molar-refractivity contribution is 0.589. The van der Waals surface area contributed by atoms with E-state index in [4.69, 9.17) is 0 Å². The van der Waals surface area contributed by atoms with Crippen LogP contribution in [-0.2, 0) is 7.05 Å². The molecule has 2 aromatic rings. The Morgan fingerprint density at radius 1 is 1.41 bits per heavy atom. The molecule has 1 unspecified atom stereocenters. The molecule has 0 saturated carbocycles. The van der Waals surface area contributed by atoms with Crippen molar-refractivity contribution in [2.75, 3.05) is 7.05 Å². The molecule has 3 nitrogen and oxygen atoms in total. The van der Waals surface area contributed by atoms with Crippen LogP contribution in [0.3, 0.4) is 0 Å². The van der Waals surface area contributed by atoms with Gasteiger partial charge in [0.2, 0.25) is 0 Å². The second-order valence-corrected chi connectivity index (χ2v) is 4.62. The number of hydrogen-bond acceptors (Lipinski definition) is 2. The molecule has 1 aromatic heterocycles. The summed E-state index contributed by atoms with van der Waals surface area (Å²) in [6, 6.07) is 6.50. The third-order valence-corrected chi connectivity index (χ3v) is 3.43. The van der Waals surface area contributed by atoms with E-state index >= 15 is 0 Å². The summed E-state index contributed by atoms with van der Waals surface area (Å²) in [5, 5.41) is 7.30. The largest absolute Gasteiger partial charge is 0.308 e. The second-order valence-electron chi connectivity index (χ2n) is 3.77. The normalized spacial score (nSPS) is 12.7. The summed E-state index contributed by atoms with van der Waals surface area (Å²) >= 11 is 3.45. The highest BCUT2D eigenvalue weighted by Gasteiger charge is 2.18. The van der Waals surface area contributed by atoms with Crippen molar-refractivity contribution in [3.8, 4) is 0 Å². The van der Waals surface area contributed by atoms with Crippen molar-refractivity contribution in [1.29, 1.82) is 0 Å². The van der Waals surface area contributed by atoms with Gasteiger partial charge in [-0.3, -0.25) is 4.68 Å². The number of benzene rings is 1. The molecule has 0 aliphatic carbocycles. The molecule has 1 N–H and O–H groups in total. The third kappa shape index (κ3) is 2.40. The highest BCUT2D eigenvalue weighted by Crippen LogP contribution is 2.28. The van der Waals surface area contributed by atoms with Gasteiger partial charge in [0.15, 0.2) is 0 Å². The molecule has 0 spiro atoms. The number of hydrogen-bond donors (Lipinski definition) is 1. The van der Waals surface area contributed by atoms with Gasteiger partial charge < -0.3 is 5.32 Å². The highest BCUT2D eigenvalue weighted by molar-refractivity contribution is 9.10. The Labute approximate surface area is 108 Å². The second kappa shape index (κ2) is 4.98. The van der Waals surface area contributed by atoms with Crippen LogP contribution in [0.15, 0.2) is 34.9 Å². The Bertz CT molecular complexity index is 524. The van der Waals surface area contributed by atoms with Crippen LogP contribution in [0, 0.1) is 5.82 Å². The van der Waals surface area contributed by atoms with Gasteiger partial charge in [-0.2, -0.15) is 5.10 Å². The molecule has 0 saturated heterocycles. The number of rotatable bonds is 3. The topological polar surface area (TPSA) is 29.9 Å². The van der Waals surface area contributed by atoms with E-state index in [1.165, 1.54) is 12.1 Å². The van der Waals surface area contributed by atoms with Gasteiger partial charge in [0.25, 0.3) is 0 Å². The molecule has 90 valence electrons. The first-order chi connectivity index (χ1) is 8.13. The predicted octanol–water partition coefficient (Wildman–Crippen LogP) is 2.63. The van der Waals surface area contributed by atoms with Gasteiger partial charge in [-0.15, -0.1) is 0 Å². The summed E-state index contributed by atoms with van der Waals surface area (Å²) in [4.78, 5) is 0. The van der Waals surface area contributed by atoms with Gasteiger partial charge in [-0.05, 0) is 36.9 Å². The van der Waals surface area contributed by atoms with Crippen LogP contribution in [0.25, 0.3) is 0 Å². The maximum atomic E-state index is 13.3. The van der Waals surface area contributed by atoms with Crippen LogP contribution >= 0.6 is 15.9 Å². The van der Waals surface area contributed by atoms with Gasteiger partial charge in [0, 0.05) is 17.7 Å². The zero-order valence-electron chi connectivity index (χ0n) is 9.61. The Balaban J connectivity index is 2.49. The SMILES string of the molecule is CNC(c1cc(F)ccc1Br)c1ccnn1C. The Hall–Kier alpha value is -1.20. The third-order valence-electron chi connectivity index (χ3n) is 2.71. The summed E-state index contributed by atoms with van der Waals surface area (Å²) in [7, 11) is 3.71. The first kappa shape index (κ1) is 12.3. The van der Waals surface area contributed by atoms with Crippen molar-refractivity contribution >= 4 is 15.9 Å². The molecule has 2 rings (SSSR count). The van der Waals surface area contributed by atoms with Crippen LogP contribution in [0.1, 0.15) is 17.3 Å². The van der Waals surface area contributed by atoms with E-state index in [0.29, 0.717) is 0 Å². The lowest BCUT2D eigenvalue weighted by Crippen LogP contribution is -2.21. The zero-order chi connectivity index (χ0) is 12.4. The zero-order valence-corrected chi connectivity index (χ0v) is 11.2. The minimum Gasteiger partial charge on any atom is -0.308 e. The van der Waals surface area contributed by atoms with Crippen molar-refractivity contribution in [2.24, 2.45) is 7.05 Å². The molecule has 0 aliphatic rings. The van der Waals surface area contributed by atoms with Gasteiger partial charge in [0.1, 0.15) is 5.82 Å². The fourth-order valence-electron chi connectivity index (χ4n) is 1.87. The lowest BCUT2D eigenvalue weighted by atomic mass is 10.0. The number of halogens is 2. The summed E-state index contributed by atoms with van der Waals surface area (Å²) < 4.78 is 16.0. The maximum Gasteiger partial charge on any atom is 0.123 e. The molecule has 0 aliphatic heterocycles. The molecular weight excluding hydrogens is 285 g/mol. The molecule has 1 heterocycles. The monoisotopic (exact) mass is 297 g/mol. The summed E-state index contributed by atoms with van der Waals surface area (Å²) in [6.07, 6.45) is 1.73. The summed E-state index contributed by atoms with van der Waals surface area (Å²) in [5.74, 6) is -0.245. The lowest BCUT2D eigenvalue weighted by Gasteiger charge is -2.18. The van der Waals surface area contributed by atoms with E-state index in [9.17, 15) is 4.39 Å². The first-order valence-electron chi connectivity index (χ1n) is 5.23. The molecule has 0 radical (unpaired) electrons. The van der Waals surface area contributed by atoms with Gasteiger partial charge in [-0.25, -0.2) is 4.39 Å². The quantitative estimate of drug-likeness (QED) is 0.944. The van der Waals surface area contributed by atoms with E-state index in [-0.39, 0.29) is 11.9 Å². The van der Waals surface area contributed by atoms with Crippen molar-refractivity contribution in [2.45, 2.75) is 6.04 Å². The molecule has 1 aromatic carbocycles. The van der Waals surface area contributed by atoms with E-state index in [1.54, 1.807) is 16.9 Å². The average Bonchev–Trinajstić information content (AvgIpc) is 2.71. The first-order valence-corrected chi connectivity index (χ1v) is 6.03. The van der Waals surface area contributed by atoms with Crippen LogP contribution in [0.5, 0.6) is 0 Å². The predicted molar refractivity (Wildman–Crippen MR) is 68.2 cm³/mol. The van der Waals surface area contributed by atoms with E-state index in [2.05, 4.69) is 26.3 Å². The van der Waals surface area contributed by atoms with Crippen molar-refractivity contribution < 1.29 is 4.39 Å². The molecule has 0 fully saturated rings. The van der Waals surface area contributed by atoms with Crippen molar-refractivity contribution in [1.82, 2.24) is 15.1 Å². The average molecular weight is 298 g/mol. The van der Waals surface area contributed by atoms with E-state index < -0.39 is 0 Å². The molecular formula is C12H13BrFN3. The van der Waals surface area contributed by atoms with Crippen LogP contribution < -0.4 is 5.32 Å². The van der Waals surface area contributed by atoms with Gasteiger partial charge >= 0.3 is 0 Å². The van der Waals surface area contributed by atoms with Gasteiger partial charge in [0.05, 0.1) is 11.7 Å². The standard InChI is InChI=1S/C12H13BrFN3/c1-15-12(11-5-6-16-17(11)2)9-7-8(14)3-4-10(9)13/h3-7,12,15H,1-2H3. The van der Waals surface area contributed by atoms with Crippen molar-refractivity contribution in [3.63, 3.8) is 0 Å². The van der Waals surface area contributed by atoms with Crippen LogP contribution in [-0.4, -0.2) is 16.8 Å². The Morgan fingerprint density at radius 3 is 2.76 bits per heavy atom. The Kier molecular flexibility index (Phi) is 3.59. The Morgan fingerprint density at radius 2 is 2.18 bits per heavy atom. The maximum absolute atomic E-state index is 13.3. The summed E-state index contributed by atoms with van der Waals surface area (Å²) in [6.45, 7) is 0. The van der Waals surface area contributed by atoms with Crippen molar-refractivity contribution in [3.05, 3.63) is 52.0 Å². The number of aromatic nitrogens is 2. The minimum atomic E-state index is -0.245. The van der Waals surface area contributed by atoms with E-state index in [0.717, 1.165) is 15.7 Å². The van der Waals surface area contributed by atoms with Crippen LogP contribution in [0.2, 0.25) is 0 Å². The summed E-state index contributed by atoms with van der Waals surface area (Å²) in [5.41, 5.74) is 1.84. The molecule has 0 bridgehead atoms. The smallest absolute Gasteiger partial charge is 0.123 e. The number of aryl methyl sites for hydroxylation is 1. The fraction of sp³-hybridized carbons (Fsp3) is 0.250. The number of nitrogens with one attached hydrogen (secondary N) is 1. The fourth-order valence-corrected chi connectivity index (χ4v) is 2.34. The van der Waals surface area contributed by atoms with E-state index in [1.807, 2.05) is 20.2 Å².